The van der Waals surface area contributed by atoms with Crippen molar-refractivity contribution < 1.29 is 9.84 Å². The van der Waals surface area contributed by atoms with E-state index < -0.39 is 5.79 Å². The van der Waals surface area contributed by atoms with Crippen molar-refractivity contribution in [2.45, 2.75) is 58.7 Å². The fraction of sp³-hybridized carbons (Fsp3) is 1.00. The summed E-state index contributed by atoms with van der Waals surface area (Å²) in [5.74, 6) is -0.813. The highest BCUT2D eigenvalue weighted by Crippen LogP contribution is 2.65. The Morgan fingerprint density at radius 2 is 1.93 bits per heavy atom. The molecule has 2 aliphatic rings. The molecule has 1 saturated heterocycles. The molecule has 2 heteroatoms. The number of fused-ring (bicyclic) bond motifs is 1. The Kier molecular flexibility index (Phi) is 2.20. The fourth-order valence-electron chi connectivity index (χ4n) is 3.71. The van der Waals surface area contributed by atoms with Gasteiger partial charge in [-0.2, -0.15) is 0 Å². The smallest absolute Gasteiger partial charge is 0.171 e. The molecule has 0 spiro atoms. The SMILES string of the molecule is CCCC12CCOC1(O)CCC2(C)C. The monoisotopic (exact) mass is 198 g/mol. The van der Waals surface area contributed by atoms with E-state index in [0.717, 1.165) is 38.7 Å². The summed E-state index contributed by atoms with van der Waals surface area (Å²) in [7, 11) is 0. The second kappa shape index (κ2) is 2.96. The van der Waals surface area contributed by atoms with Gasteiger partial charge in [-0.1, -0.05) is 27.2 Å². The van der Waals surface area contributed by atoms with Crippen molar-refractivity contribution in [3.63, 3.8) is 0 Å². The molecular weight excluding hydrogens is 176 g/mol. The van der Waals surface area contributed by atoms with Crippen molar-refractivity contribution in [2.75, 3.05) is 6.61 Å². The van der Waals surface area contributed by atoms with Crippen LogP contribution in [0.1, 0.15) is 52.9 Å². The molecule has 2 fully saturated rings. The number of hydrogen-bond acceptors (Lipinski definition) is 2. The van der Waals surface area contributed by atoms with E-state index in [2.05, 4.69) is 20.8 Å². The van der Waals surface area contributed by atoms with Crippen molar-refractivity contribution in [1.29, 1.82) is 0 Å². The van der Waals surface area contributed by atoms with Crippen LogP contribution in [0.25, 0.3) is 0 Å². The molecular formula is C12H22O2. The lowest BCUT2D eigenvalue weighted by molar-refractivity contribution is -0.227. The molecule has 14 heavy (non-hydrogen) atoms. The molecule has 0 bridgehead atoms. The molecule has 1 saturated carbocycles. The van der Waals surface area contributed by atoms with Gasteiger partial charge in [-0.05, 0) is 24.7 Å². The lowest BCUT2D eigenvalue weighted by atomic mass is 9.62. The first-order valence-corrected chi connectivity index (χ1v) is 5.84. The van der Waals surface area contributed by atoms with Crippen molar-refractivity contribution in [2.24, 2.45) is 10.8 Å². The first kappa shape index (κ1) is 10.4. The predicted octanol–water partition coefficient (Wildman–Crippen LogP) is 2.70. The summed E-state index contributed by atoms with van der Waals surface area (Å²) in [6, 6.07) is 0. The van der Waals surface area contributed by atoms with Crippen LogP contribution in [0.2, 0.25) is 0 Å². The highest BCUT2D eigenvalue weighted by Gasteiger charge is 2.66. The lowest BCUT2D eigenvalue weighted by Gasteiger charge is -2.44. The summed E-state index contributed by atoms with van der Waals surface area (Å²) in [5, 5.41) is 10.5. The highest BCUT2D eigenvalue weighted by atomic mass is 16.6. The van der Waals surface area contributed by atoms with Crippen LogP contribution in [0, 0.1) is 10.8 Å². The second-order valence-corrected chi connectivity index (χ2v) is 5.60. The molecule has 0 aromatic heterocycles. The van der Waals surface area contributed by atoms with Gasteiger partial charge in [-0.25, -0.2) is 0 Å². The van der Waals surface area contributed by atoms with Crippen molar-refractivity contribution in [3.05, 3.63) is 0 Å². The van der Waals surface area contributed by atoms with Gasteiger partial charge in [-0.15, -0.1) is 0 Å². The maximum Gasteiger partial charge on any atom is 0.171 e. The average molecular weight is 198 g/mol. The minimum Gasteiger partial charge on any atom is -0.365 e. The highest BCUT2D eigenvalue weighted by molar-refractivity contribution is 5.10. The van der Waals surface area contributed by atoms with Crippen LogP contribution in [-0.4, -0.2) is 17.5 Å². The van der Waals surface area contributed by atoms with Crippen molar-refractivity contribution >= 4 is 0 Å². The van der Waals surface area contributed by atoms with Gasteiger partial charge in [-0.3, -0.25) is 0 Å². The van der Waals surface area contributed by atoms with Crippen LogP contribution in [-0.2, 0) is 4.74 Å². The minimum atomic E-state index is -0.813. The predicted molar refractivity (Wildman–Crippen MR) is 55.9 cm³/mol. The summed E-state index contributed by atoms with van der Waals surface area (Å²) in [6.45, 7) is 7.51. The van der Waals surface area contributed by atoms with Gasteiger partial charge in [0, 0.05) is 11.8 Å². The normalized spacial score (nSPS) is 45.4. The van der Waals surface area contributed by atoms with Crippen molar-refractivity contribution in [3.8, 4) is 0 Å². The molecule has 2 nitrogen and oxygen atoms in total. The van der Waals surface area contributed by atoms with Gasteiger partial charge in [0.15, 0.2) is 5.79 Å². The van der Waals surface area contributed by atoms with E-state index in [9.17, 15) is 5.11 Å². The topological polar surface area (TPSA) is 29.5 Å². The van der Waals surface area contributed by atoms with Crippen molar-refractivity contribution in [1.82, 2.24) is 0 Å². The van der Waals surface area contributed by atoms with Crippen LogP contribution in [0.5, 0.6) is 0 Å². The average Bonchev–Trinajstić information content (AvgIpc) is 2.51. The van der Waals surface area contributed by atoms with E-state index in [1.54, 1.807) is 0 Å². The minimum absolute atomic E-state index is 0.0226. The zero-order valence-electron chi connectivity index (χ0n) is 9.60. The largest absolute Gasteiger partial charge is 0.365 e. The Hall–Kier alpha value is -0.0800. The molecule has 0 aromatic rings. The maximum absolute atomic E-state index is 10.5. The molecule has 0 aromatic carbocycles. The zero-order valence-corrected chi connectivity index (χ0v) is 9.60. The number of rotatable bonds is 2. The van der Waals surface area contributed by atoms with Crippen LogP contribution in [0.15, 0.2) is 0 Å². The molecule has 2 atom stereocenters. The van der Waals surface area contributed by atoms with Gasteiger partial charge >= 0.3 is 0 Å². The molecule has 2 rings (SSSR count). The Bertz CT molecular complexity index is 236. The van der Waals surface area contributed by atoms with Gasteiger partial charge in [0.05, 0.1) is 6.61 Å². The molecule has 0 amide bonds. The van der Waals surface area contributed by atoms with Crippen LogP contribution < -0.4 is 0 Å². The summed E-state index contributed by atoms with van der Waals surface area (Å²) in [5.41, 5.74) is 0.253. The van der Waals surface area contributed by atoms with Gasteiger partial charge in [0.25, 0.3) is 0 Å². The first-order chi connectivity index (χ1) is 6.47. The lowest BCUT2D eigenvalue weighted by Crippen LogP contribution is -2.46. The third-order valence-corrected chi connectivity index (χ3v) is 4.68. The molecule has 1 N–H and O–H groups in total. The second-order valence-electron chi connectivity index (χ2n) is 5.60. The Morgan fingerprint density at radius 3 is 2.57 bits per heavy atom. The number of ether oxygens (including phenoxy) is 1. The van der Waals surface area contributed by atoms with Crippen LogP contribution >= 0.6 is 0 Å². The number of aliphatic hydroxyl groups is 1. The Balaban J connectivity index is 2.37. The van der Waals surface area contributed by atoms with E-state index in [1.165, 1.54) is 0 Å². The van der Waals surface area contributed by atoms with E-state index in [0.29, 0.717) is 0 Å². The fourth-order valence-corrected chi connectivity index (χ4v) is 3.71. The van der Waals surface area contributed by atoms with Crippen LogP contribution in [0.3, 0.4) is 0 Å². The van der Waals surface area contributed by atoms with Crippen LogP contribution in [0.4, 0.5) is 0 Å². The van der Waals surface area contributed by atoms with E-state index in [1.807, 2.05) is 0 Å². The Morgan fingerprint density at radius 1 is 1.21 bits per heavy atom. The zero-order chi connectivity index (χ0) is 10.4. The molecule has 1 heterocycles. The third-order valence-electron chi connectivity index (χ3n) is 4.68. The summed E-state index contributed by atoms with van der Waals surface area (Å²) in [4.78, 5) is 0. The molecule has 1 aliphatic carbocycles. The van der Waals surface area contributed by atoms with E-state index in [4.69, 9.17) is 4.74 Å². The molecule has 2 unspecified atom stereocenters. The standard InChI is InChI=1S/C12H22O2/c1-4-5-11-8-9-14-12(11,13)7-6-10(11,2)3/h13H,4-9H2,1-3H3. The molecule has 0 radical (unpaired) electrons. The summed E-state index contributed by atoms with van der Waals surface area (Å²) >= 11 is 0. The molecule has 82 valence electrons. The van der Waals surface area contributed by atoms with E-state index >= 15 is 0 Å². The van der Waals surface area contributed by atoms with Gasteiger partial charge < -0.3 is 9.84 Å². The third kappa shape index (κ3) is 1.04. The summed E-state index contributed by atoms with van der Waals surface area (Å²) in [6.07, 6.45) is 5.17. The van der Waals surface area contributed by atoms with Gasteiger partial charge in [0.2, 0.25) is 0 Å². The van der Waals surface area contributed by atoms with E-state index in [-0.39, 0.29) is 10.8 Å². The molecule has 1 aliphatic heterocycles. The quantitative estimate of drug-likeness (QED) is 0.739. The van der Waals surface area contributed by atoms with Gasteiger partial charge in [0.1, 0.15) is 0 Å². The maximum atomic E-state index is 10.5. The number of hydrogen-bond donors (Lipinski definition) is 1. The summed E-state index contributed by atoms with van der Waals surface area (Å²) < 4.78 is 5.61. The Labute approximate surface area is 86.6 Å². The first-order valence-electron chi connectivity index (χ1n) is 5.84.